The Morgan fingerprint density at radius 2 is 1.76 bits per heavy atom. The van der Waals surface area contributed by atoms with E-state index in [-0.39, 0.29) is 6.10 Å². The van der Waals surface area contributed by atoms with Crippen molar-refractivity contribution in [3.63, 3.8) is 0 Å². The van der Waals surface area contributed by atoms with Gasteiger partial charge in [0.2, 0.25) is 0 Å². The standard InChI is InChI=1S/C17H25NO3/c1-2-8-20-14-3-5-15(6-4-14)21-9-7-18-11-13-10-17(19)16(13)12-18/h3-6,13,16-17,19H,2,7-12H2,1H3/t13-,16+,17-/m1/s1. The summed E-state index contributed by atoms with van der Waals surface area (Å²) in [5, 5.41) is 9.66. The van der Waals surface area contributed by atoms with Crippen molar-refractivity contribution in [3.05, 3.63) is 24.3 Å². The molecular weight excluding hydrogens is 266 g/mol. The zero-order valence-corrected chi connectivity index (χ0v) is 12.7. The van der Waals surface area contributed by atoms with Crippen molar-refractivity contribution in [2.24, 2.45) is 11.8 Å². The lowest BCUT2D eigenvalue weighted by Crippen LogP contribution is -2.39. The Morgan fingerprint density at radius 3 is 2.33 bits per heavy atom. The van der Waals surface area contributed by atoms with E-state index in [2.05, 4.69) is 11.8 Å². The number of aliphatic hydroxyl groups is 1. The first-order valence-electron chi connectivity index (χ1n) is 8.02. The second kappa shape index (κ2) is 6.67. The molecule has 1 saturated carbocycles. The van der Waals surface area contributed by atoms with Gasteiger partial charge in [0.15, 0.2) is 0 Å². The Morgan fingerprint density at radius 1 is 1.10 bits per heavy atom. The van der Waals surface area contributed by atoms with Crippen molar-refractivity contribution in [3.8, 4) is 11.5 Å². The lowest BCUT2D eigenvalue weighted by Gasteiger charge is -2.35. The molecular formula is C17H25NO3. The van der Waals surface area contributed by atoms with Crippen molar-refractivity contribution < 1.29 is 14.6 Å². The van der Waals surface area contributed by atoms with Gasteiger partial charge in [-0.25, -0.2) is 0 Å². The number of ether oxygens (including phenoxy) is 2. The zero-order chi connectivity index (χ0) is 14.7. The molecule has 0 radical (unpaired) electrons. The first kappa shape index (κ1) is 14.7. The molecule has 1 saturated heterocycles. The summed E-state index contributed by atoms with van der Waals surface area (Å²) in [6.07, 6.45) is 1.95. The summed E-state index contributed by atoms with van der Waals surface area (Å²) in [7, 11) is 0. The highest BCUT2D eigenvalue weighted by atomic mass is 16.5. The molecule has 0 unspecified atom stereocenters. The summed E-state index contributed by atoms with van der Waals surface area (Å²) in [6.45, 7) is 6.64. The monoisotopic (exact) mass is 291 g/mol. The van der Waals surface area contributed by atoms with Gasteiger partial charge in [0.25, 0.3) is 0 Å². The summed E-state index contributed by atoms with van der Waals surface area (Å²) < 4.78 is 11.3. The molecule has 21 heavy (non-hydrogen) atoms. The normalized spacial score (nSPS) is 28.0. The van der Waals surface area contributed by atoms with E-state index in [0.29, 0.717) is 12.5 Å². The molecule has 1 aromatic carbocycles. The highest BCUT2D eigenvalue weighted by Gasteiger charge is 2.45. The minimum atomic E-state index is -0.0587. The van der Waals surface area contributed by atoms with E-state index in [1.54, 1.807) is 0 Å². The summed E-state index contributed by atoms with van der Waals surface area (Å²) in [5.74, 6) is 3.02. The summed E-state index contributed by atoms with van der Waals surface area (Å²) >= 11 is 0. The largest absolute Gasteiger partial charge is 0.494 e. The van der Waals surface area contributed by atoms with Crippen LogP contribution in [0.5, 0.6) is 11.5 Å². The van der Waals surface area contributed by atoms with E-state index < -0.39 is 0 Å². The van der Waals surface area contributed by atoms with Crippen LogP contribution in [0, 0.1) is 11.8 Å². The SMILES string of the molecule is CCCOc1ccc(OCCN2C[C@H]3C[C@@H](O)[C@H]3C2)cc1. The predicted molar refractivity (Wildman–Crippen MR) is 81.8 cm³/mol. The van der Waals surface area contributed by atoms with Gasteiger partial charge in [-0.1, -0.05) is 6.92 Å². The first-order chi connectivity index (χ1) is 10.3. The minimum absolute atomic E-state index is 0.0587. The molecule has 2 fully saturated rings. The minimum Gasteiger partial charge on any atom is -0.494 e. The number of hydrogen-bond donors (Lipinski definition) is 1. The van der Waals surface area contributed by atoms with Crippen LogP contribution in [0.4, 0.5) is 0 Å². The quantitative estimate of drug-likeness (QED) is 0.836. The Hall–Kier alpha value is -1.26. The van der Waals surface area contributed by atoms with Crippen LogP contribution in [-0.2, 0) is 0 Å². The van der Waals surface area contributed by atoms with Crippen LogP contribution in [0.3, 0.4) is 0 Å². The van der Waals surface area contributed by atoms with Crippen LogP contribution in [0.25, 0.3) is 0 Å². The lowest BCUT2D eigenvalue weighted by molar-refractivity contribution is -0.00435. The number of fused-ring (bicyclic) bond motifs is 1. The molecule has 3 atom stereocenters. The molecule has 0 bridgehead atoms. The summed E-state index contributed by atoms with van der Waals surface area (Å²) in [5.41, 5.74) is 0. The molecule has 1 aliphatic heterocycles. The van der Waals surface area contributed by atoms with E-state index >= 15 is 0 Å². The number of hydrogen-bond acceptors (Lipinski definition) is 4. The van der Waals surface area contributed by atoms with Gasteiger partial charge in [0.1, 0.15) is 18.1 Å². The van der Waals surface area contributed by atoms with E-state index in [9.17, 15) is 5.11 Å². The van der Waals surface area contributed by atoms with Crippen LogP contribution in [0.2, 0.25) is 0 Å². The third-order valence-electron chi connectivity index (χ3n) is 4.58. The van der Waals surface area contributed by atoms with E-state index in [1.165, 1.54) is 0 Å². The Kier molecular flexibility index (Phi) is 4.66. The van der Waals surface area contributed by atoms with E-state index in [0.717, 1.165) is 56.5 Å². The summed E-state index contributed by atoms with van der Waals surface area (Å²) in [4.78, 5) is 2.41. The summed E-state index contributed by atoms with van der Waals surface area (Å²) in [6, 6.07) is 7.83. The number of rotatable bonds is 7. The van der Waals surface area contributed by atoms with Gasteiger partial charge in [0.05, 0.1) is 12.7 Å². The fraction of sp³-hybridized carbons (Fsp3) is 0.647. The van der Waals surface area contributed by atoms with Crippen LogP contribution in [-0.4, -0.2) is 49.0 Å². The van der Waals surface area contributed by atoms with E-state index in [4.69, 9.17) is 9.47 Å². The highest BCUT2D eigenvalue weighted by molar-refractivity contribution is 5.31. The van der Waals surface area contributed by atoms with Crippen LogP contribution in [0.1, 0.15) is 19.8 Å². The molecule has 3 rings (SSSR count). The van der Waals surface area contributed by atoms with Gasteiger partial charge in [-0.15, -0.1) is 0 Å². The van der Waals surface area contributed by atoms with Crippen LogP contribution in [0.15, 0.2) is 24.3 Å². The number of benzene rings is 1. The Labute approximate surface area is 126 Å². The molecule has 1 N–H and O–H groups in total. The molecule has 116 valence electrons. The number of aliphatic hydroxyl groups excluding tert-OH is 1. The molecule has 0 amide bonds. The lowest BCUT2D eigenvalue weighted by atomic mass is 9.74. The second-order valence-corrected chi connectivity index (χ2v) is 6.15. The predicted octanol–water partition coefficient (Wildman–Crippen LogP) is 2.17. The average molecular weight is 291 g/mol. The van der Waals surface area contributed by atoms with Gasteiger partial charge >= 0.3 is 0 Å². The third-order valence-corrected chi connectivity index (χ3v) is 4.58. The fourth-order valence-electron chi connectivity index (χ4n) is 3.29. The maximum Gasteiger partial charge on any atom is 0.119 e. The third kappa shape index (κ3) is 3.50. The molecule has 0 spiro atoms. The zero-order valence-electron chi connectivity index (χ0n) is 12.7. The Bertz CT molecular complexity index is 448. The van der Waals surface area contributed by atoms with E-state index in [1.807, 2.05) is 24.3 Å². The van der Waals surface area contributed by atoms with Crippen molar-refractivity contribution in [1.82, 2.24) is 4.90 Å². The molecule has 4 nitrogen and oxygen atoms in total. The topological polar surface area (TPSA) is 41.9 Å². The van der Waals surface area contributed by atoms with Crippen molar-refractivity contribution in [1.29, 1.82) is 0 Å². The molecule has 1 heterocycles. The second-order valence-electron chi connectivity index (χ2n) is 6.15. The van der Waals surface area contributed by atoms with Gasteiger partial charge < -0.3 is 14.6 Å². The molecule has 1 aliphatic carbocycles. The highest BCUT2D eigenvalue weighted by Crippen LogP contribution is 2.40. The average Bonchev–Trinajstić information content (AvgIpc) is 2.83. The van der Waals surface area contributed by atoms with Crippen molar-refractivity contribution in [2.45, 2.75) is 25.9 Å². The molecule has 1 aromatic rings. The number of nitrogens with zero attached hydrogens (tertiary/aromatic N) is 1. The van der Waals surface area contributed by atoms with Crippen LogP contribution < -0.4 is 9.47 Å². The van der Waals surface area contributed by atoms with Gasteiger partial charge in [-0.05, 0) is 43.0 Å². The molecule has 4 heteroatoms. The fourth-order valence-corrected chi connectivity index (χ4v) is 3.29. The van der Waals surface area contributed by atoms with Crippen molar-refractivity contribution in [2.75, 3.05) is 32.8 Å². The van der Waals surface area contributed by atoms with Gasteiger partial charge in [-0.2, -0.15) is 0 Å². The maximum absolute atomic E-state index is 9.66. The van der Waals surface area contributed by atoms with Crippen molar-refractivity contribution >= 4 is 0 Å². The molecule has 0 aromatic heterocycles. The van der Waals surface area contributed by atoms with Gasteiger partial charge in [0, 0.05) is 25.6 Å². The van der Waals surface area contributed by atoms with Crippen LogP contribution >= 0.6 is 0 Å². The maximum atomic E-state index is 9.66. The Balaban J connectivity index is 1.37. The van der Waals surface area contributed by atoms with Gasteiger partial charge in [-0.3, -0.25) is 4.90 Å². The first-order valence-corrected chi connectivity index (χ1v) is 8.02. The molecule has 2 aliphatic rings. The smallest absolute Gasteiger partial charge is 0.119 e. The number of likely N-dealkylation sites (tertiary alicyclic amines) is 1.